The fourth-order valence-corrected chi connectivity index (χ4v) is 2.15. The molecule has 0 saturated carbocycles. The van der Waals surface area contributed by atoms with Crippen molar-refractivity contribution in [2.75, 3.05) is 19.8 Å². The van der Waals surface area contributed by atoms with Crippen LogP contribution in [0.4, 0.5) is 5.69 Å². The molecule has 1 aromatic rings. The van der Waals surface area contributed by atoms with Crippen molar-refractivity contribution < 1.29 is 9.66 Å². The number of benzene rings is 1. The summed E-state index contributed by atoms with van der Waals surface area (Å²) in [4.78, 5) is 10.3. The molecule has 0 aliphatic heterocycles. The first kappa shape index (κ1) is 16.1. The molecule has 0 radical (unpaired) electrons. The van der Waals surface area contributed by atoms with E-state index in [4.69, 9.17) is 4.74 Å². The van der Waals surface area contributed by atoms with Crippen LogP contribution in [0.5, 0.6) is 0 Å². The third-order valence-corrected chi connectivity index (χ3v) is 2.93. The predicted octanol–water partition coefficient (Wildman–Crippen LogP) is 3.26. The fraction of sp³-hybridized carbons (Fsp3) is 0.538. The maximum Gasteiger partial charge on any atom is 0.270 e. The van der Waals surface area contributed by atoms with Crippen LogP contribution in [0.1, 0.15) is 25.3 Å². The van der Waals surface area contributed by atoms with Crippen molar-refractivity contribution in [1.82, 2.24) is 5.32 Å². The molecular weight excluding hydrogens is 312 g/mol. The van der Waals surface area contributed by atoms with Crippen LogP contribution in [0.3, 0.4) is 0 Å². The van der Waals surface area contributed by atoms with Crippen molar-refractivity contribution in [2.45, 2.75) is 26.3 Å². The molecule has 5 nitrogen and oxygen atoms in total. The number of nitro groups is 1. The van der Waals surface area contributed by atoms with E-state index in [2.05, 4.69) is 28.2 Å². The molecule has 0 aliphatic carbocycles. The molecule has 0 atom stereocenters. The Morgan fingerprint density at radius 3 is 2.84 bits per heavy atom. The van der Waals surface area contributed by atoms with Crippen LogP contribution in [0.15, 0.2) is 22.7 Å². The van der Waals surface area contributed by atoms with Gasteiger partial charge in [0, 0.05) is 36.4 Å². The minimum atomic E-state index is -0.382. The molecule has 1 aromatic carbocycles. The molecule has 0 fully saturated rings. The number of non-ortho nitro benzene ring substituents is 1. The topological polar surface area (TPSA) is 64.4 Å². The number of rotatable bonds is 9. The summed E-state index contributed by atoms with van der Waals surface area (Å²) in [6, 6.07) is 4.97. The minimum Gasteiger partial charge on any atom is -0.381 e. The van der Waals surface area contributed by atoms with Crippen LogP contribution in [-0.4, -0.2) is 24.7 Å². The number of nitro benzene ring substituents is 1. The van der Waals surface area contributed by atoms with Gasteiger partial charge in [-0.2, -0.15) is 0 Å². The summed E-state index contributed by atoms with van der Waals surface area (Å²) >= 11 is 3.28. The lowest BCUT2D eigenvalue weighted by molar-refractivity contribution is -0.385. The third-order valence-electron chi connectivity index (χ3n) is 2.47. The molecule has 0 amide bonds. The zero-order valence-electron chi connectivity index (χ0n) is 11.0. The van der Waals surface area contributed by atoms with E-state index in [1.807, 2.05) is 6.07 Å². The maximum absolute atomic E-state index is 10.7. The van der Waals surface area contributed by atoms with Crippen molar-refractivity contribution in [3.05, 3.63) is 38.3 Å². The fourth-order valence-electron chi connectivity index (χ4n) is 1.62. The Labute approximate surface area is 121 Å². The summed E-state index contributed by atoms with van der Waals surface area (Å²) in [5, 5.41) is 14.0. The molecule has 0 unspecified atom stereocenters. The van der Waals surface area contributed by atoms with Gasteiger partial charge in [-0.1, -0.05) is 22.9 Å². The average Bonchev–Trinajstić information content (AvgIpc) is 2.37. The predicted molar refractivity (Wildman–Crippen MR) is 78.2 cm³/mol. The Morgan fingerprint density at radius 1 is 1.37 bits per heavy atom. The maximum atomic E-state index is 10.7. The number of nitrogens with zero attached hydrogens (tertiary/aromatic N) is 1. The molecular formula is C13H19BrN2O3. The Kier molecular flexibility index (Phi) is 7.62. The second-order valence-corrected chi connectivity index (χ2v) is 5.13. The summed E-state index contributed by atoms with van der Waals surface area (Å²) in [6.45, 7) is 5.09. The number of nitrogens with one attached hydrogen (secondary N) is 1. The highest BCUT2D eigenvalue weighted by atomic mass is 79.9. The molecule has 1 N–H and O–H groups in total. The summed E-state index contributed by atoms with van der Waals surface area (Å²) in [5.41, 5.74) is 1.01. The van der Waals surface area contributed by atoms with E-state index in [1.54, 1.807) is 6.07 Å². The Morgan fingerprint density at radius 2 is 2.16 bits per heavy atom. The van der Waals surface area contributed by atoms with Crippen LogP contribution < -0.4 is 5.32 Å². The largest absolute Gasteiger partial charge is 0.381 e. The van der Waals surface area contributed by atoms with Crippen LogP contribution in [0.2, 0.25) is 0 Å². The van der Waals surface area contributed by atoms with E-state index < -0.39 is 0 Å². The van der Waals surface area contributed by atoms with E-state index in [0.29, 0.717) is 6.54 Å². The first-order valence-electron chi connectivity index (χ1n) is 6.35. The molecule has 0 saturated heterocycles. The lowest BCUT2D eigenvalue weighted by Gasteiger charge is -2.06. The lowest BCUT2D eigenvalue weighted by atomic mass is 10.2. The molecule has 0 bridgehead atoms. The Hall–Kier alpha value is -0.980. The zero-order chi connectivity index (χ0) is 14.1. The number of hydrogen-bond donors (Lipinski definition) is 1. The van der Waals surface area contributed by atoms with Gasteiger partial charge in [-0.25, -0.2) is 0 Å². The molecule has 19 heavy (non-hydrogen) atoms. The quantitative estimate of drug-likeness (QED) is 0.428. The van der Waals surface area contributed by atoms with Crippen LogP contribution in [0.25, 0.3) is 0 Å². The van der Waals surface area contributed by atoms with E-state index in [9.17, 15) is 10.1 Å². The molecule has 0 aromatic heterocycles. The van der Waals surface area contributed by atoms with Crippen molar-refractivity contribution in [1.29, 1.82) is 0 Å². The van der Waals surface area contributed by atoms with Gasteiger partial charge in [-0.05, 0) is 31.0 Å². The number of halogens is 1. The zero-order valence-corrected chi connectivity index (χ0v) is 12.6. The molecule has 0 spiro atoms. The summed E-state index contributed by atoms with van der Waals surface area (Å²) in [5.74, 6) is 0. The second-order valence-electron chi connectivity index (χ2n) is 4.22. The molecule has 0 aliphatic rings. The molecule has 1 rings (SSSR count). The van der Waals surface area contributed by atoms with E-state index in [0.717, 1.165) is 42.6 Å². The monoisotopic (exact) mass is 330 g/mol. The van der Waals surface area contributed by atoms with E-state index in [-0.39, 0.29) is 10.6 Å². The van der Waals surface area contributed by atoms with Gasteiger partial charge in [-0.15, -0.1) is 0 Å². The number of hydrogen-bond acceptors (Lipinski definition) is 4. The normalized spacial score (nSPS) is 10.6. The van der Waals surface area contributed by atoms with Gasteiger partial charge in [0.05, 0.1) is 4.92 Å². The van der Waals surface area contributed by atoms with E-state index >= 15 is 0 Å². The van der Waals surface area contributed by atoms with Crippen molar-refractivity contribution in [3.63, 3.8) is 0 Å². The standard InChI is InChI=1S/C13H19BrN2O3/c1-2-5-19-6-3-4-15-10-11-7-12(14)9-13(8-11)16(17)18/h7-9,15H,2-6,10H2,1H3. The highest BCUT2D eigenvalue weighted by molar-refractivity contribution is 9.10. The number of ether oxygens (including phenoxy) is 1. The van der Waals surface area contributed by atoms with Gasteiger partial charge in [-0.3, -0.25) is 10.1 Å². The van der Waals surface area contributed by atoms with Crippen molar-refractivity contribution in [3.8, 4) is 0 Å². The summed E-state index contributed by atoms with van der Waals surface area (Å²) in [6.07, 6.45) is 1.98. The van der Waals surface area contributed by atoms with Gasteiger partial charge in [0.15, 0.2) is 0 Å². The van der Waals surface area contributed by atoms with Crippen molar-refractivity contribution in [2.24, 2.45) is 0 Å². The van der Waals surface area contributed by atoms with Gasteiger partial charge in [0.25, 0.3) is 5.69 Å². The smallest absolute Gasteiger partial charge is 0.270 e. The Bertz CT molecular complexity index is 413. The van der Waals surface area contributed by atoms with Gasteiger partial charge in [0.2, 0.25) is 0 Å². The highest BCUT2D eigenvalue weighted by Crippen LogP contribution is 2.21. The second kappa shape index (κ2) is 9.01. The average molecular weight is 331 g/mol. The van der Waals surface area contributed by atoms with Gasteiger partial charge >= 0.3 is 0 Å². The summed E-state index contributed by atoms with van der Waals surface area (Å²) in [7, 11) is 0. The highest BCUT2D eigenvalue weighted by Gasteiger charge is 2.08. The first-order chi connectivity index (χ1) is 9.13. The van der Waals surface area contributed by atoms with Gasteiger partial charge < -0.3 is 10.1 Å². The van der Waals surface area contributed by atoms with Gasteiger partial charge in [0.1, 0.15) is 0 Å². The van der Waals surface area contributed by atoms with Crippen LogP contribution in [0, 0.1) is 10.1 Å². The lowest BCUT2D eigenvalue weighted by Crippen LogP contribution is -2.16. The van der Waals surface area contributed by atoms with Crippen LogP contribution >= 0.6 is 15.9 Å². The third kappa shape index (κ3) is 6.66. The Balaban J connectivity index is 2.31. The van der Waals surface area contributed by atoms with Crippen molar-refractivity contribution >= 4 is 21.6 Å². The van der Waals surface area contributed by atoms with Crippen LogP contribution in [-0.2, 0) is 11.3 Å². The SMILES string of the molecule is CCCOCCCNCc1cc(Br)cc([N+](=O)[O-])c1. The molecule has 0 heterocycles. The first-order valence-corrected chi connectivity index (χ1v) is 7.15. The molecule has 106 valence electrons. The minimum absolute atomic E-state index is 0.109. The molecule has 6 heteroatoms. The van der Waals surface area contributed by atoms with E-state index in [1.165, 1.54) is 6.07 Å². The summed E-state index contributed by atoms with van der Waals surface area (Å²) < 4.78 is 6.09.